The summed E-state index contributed by atoms with van der Waals surface area (Å²) in [7, 11) is 0. The maximum atomic E-state index is 11.8. The first-order valence-corrected chi connectivity index (χ1v) is 23.6. The van der Waals surface area contributed by atoms with Crippen molar-refractivity contribution in [2.45, 2.75) is 0 Å². The van der Waals surface area contributed by atoms with Crippen LogP contribution in [0.3, 0.4) is 0 Å². The minimum Gasteiger partial charge on any atom is -0.308 e. The molecule has 0 spiro atoms. The first kappa shape index (κ1) is 44.0. The van der Waals surface area contributed by atoms with Crippen molar-refractivity contribution >= 4 is 55.0 Å². The molecule has 0 aliphatic rings. The van der Waals surface area contributed by atoms with E-state index in [1.165, 1.54) is 0 Å². The number of fused-ring (bicyclic) bond motifs is 6. The fourth-order valence-corrected chi connectivity index (χ4v) is 10.5. The summed E-state index contributed by atoms with van der Waals surface area (Å²) in [5, 5.41) is 45.9. The Morgan fingerprint density at radius 1 is 0.324 bits per heavy atom. The van der Waals surface area contributed by atoms with Crippen molar-refractivity contribution in [2.75, 3.05) is 0 Å². The van der Waals surface area contributed by atoms with Crippen LogP contribution in [0, 0.1) is 58.5 Å². The summed E-state index contributed by atoms with van der Waals surface area (Å²) >= 11 is 0. The molecule has 0 fully saturated rings. The first-order chi connectivity index (χ1) is 36.4. The van der Waals surface area contributed by atoms with E-state index in [1.807, 2.05) is 176 Å². The highest BCUT2D eigenvalue weighted by Gasteiger charge is 2.25. The van der Waals surface area contributed by atoms with Gasteiger partial charge in [0.2, 0.25) is 0 Å². The Kier molecular flexibility index (Phi) is 10.7. The van der Waals surface area contributed by atoms with Crippen molar-refractivity contribution in [1.29, 1.82) is 21.0 Å². The fourth-order valence-electron chi connectivity index (χ4n) is 10.5. The smallest absolute Gasteiger partial charge is 0.194 e. The summed E-state index contributed by atoms with van der Waals surface area (Å²) in [6, 6.07) is 75.9. The lowest BCUT2D eigenvalue weighted by atomic mass is 9.97. The SMILES string of the molecule is [C-]#[N+]c1ccccc1-c1ccc2c(c1)c1cc(-c3ccccc3C#N)ccc1n2-c1cc(-c2cccc(C#N)c2)cc(-n2c3ccc(-c4ccccc4C#N)cc3c3cc(-c4ccccc4[N+]#[C-])ccc32)c1C#N. The molecular formula is C66H34N8. The minimum absolute atomic E-state index is 0.380. The Labute approximate surface area is 425 Å². The highest BCUT2D eigenvalue weighted by molar-refractivity contribution is 6.14. The van der Waals surface area contributed by atoms with Crippen molar-refractivity contribution in [1.82, 2.24) is 9.13 Å². The van der Waals surface area contributed by atoms with Crippen LogP contribution in [0.1, 0.15) is 22.3 Å². The second kappa shape index (κ2) is 17.9. The molecule has 8 heteroatoms. The van der Waals surface area contributed by atoms with Crippen LogP contribution in [0.4, 0.5) is 11.4 Å². The zero-order valence-electron chi connectivity index (χ0n) is 39.2. The van der Waals surface area contributed by atoms with E-state index < -0.39 is 0 Å². The normalized spacial score (nSPS) is 10.9. The summed E-state index contributed by atoms with van der Waals surface area (Å²) in [6.07, 6.45) is 0. The van der Waals surface area contributed by atoms with Gasteiger partial charge in [-0.05, 0) is 141 Å². The summed E-state index contributed by atoms with van der Waals surface area (Å²) in [4.78, 5) is 7.71. The highest BCUT2D eigenvalue weighted by atomic mass is 15.0. The minimum atomic E-state index is 0.380. The first-order valence-electron chi connectivity index (χ1n) is 23.6. The van der Waals surface area contributed by atoms with Gasteiger partial charge in [0.25, 0.3) is 0 Å². The number of rotatable bonds is 7. The van der Waals surface area contributed by atoms with Gasteiger partial charge < -0.3 is 9.13 Å². The number of hydrogen-bond acceptors (Lipinski definition) is 4. The van der Waals surface area contributed by atoms with Crippen molar-refractivity contribution in [3.05, 3.63) is 251 Å². The Balaban J connectivity index is 1.20. The van der Waals surface area contributed by atoms with Crippen LogP contribution in [0.25, 0.3) is 120 Å². The van der Waals surface area contributed by atoms with Gasteiger partial charge in [-0.25, -0.2) is 9.69 Å². The zero-order valence-corrected chi connectivity index (χ0v) is 39.2. The molecule has 0 radical (unpaired) electrons. The molecule has 12 aromatic rings. The molecule has 0 saturated carbocycles. The summed E-state index contributed by atoms with van der Waals surface area (Å²) in [5.74, 6) is 0. The number of benzene rings is 10. The monoisotopic (exact) mass is 938 g/mol. The Bertz CT molecular complexity index is 4150. The van der Waals surface area contributed by atoms with Crippen molar-refractivity contribution in [3.8, 4) is 91.3 Å². The summed E-state index contributed by atoms with van der Waals surface area (Å²) in [5.41, 5.74) is 15.6. The van der Waals surface area contributed by atoms with Gasteiger partial charge in [-0.2, -0.15) is 21.0 Å². The van der Waals surface area contributed by atoms with Gasteiger partial charge >= 0.3 is 0 Å². The van der Waals surface area contributed by atoms with Gasteiger partial charge in [0.1, 0.15) is 11.6 Å². The van der Waals surface area contributed by atoms with E-state index in [-0.39, 0.29) is 0 Å². The molecule has 2 aromatic heterocycles. The Hall–Kier alpha value is -11.3. The lowest BCUT2D eigenvalue weighted by molar-refractivity contribution is 1.12. The van der Waals surface area contributed by atoms with E-state index >= 15 is 0 Å². The zero-order chi connectivity index (χ0) is 50.5. The molecule has 0 aliphatic carbocycles. The van der Waals surface area contributed by atoms with Crippen LogP contribution >= 0.6 is 0 Å². The molecule has 8 nitrogen and oxygen atoms in total. The number of para-hydroxylation sites is 2. The Morgan fingerprint density at radius 2 is 0.716 bits per heavy atom. The van der Waals surface area contributed by atoms with Gasteiger partial charge in [-0.15, -0.1) is 0 Å². The molecule has 0 saturated heterocycles. The summed E-state index contributed by atoms with van der Waals surface area (Å²) < 4.78 is 4.25. The van der Waals surface area contributed by atoms with E-state index in [0.29, 0.717) is 45.0 Å². The van der Waals surface area contributed by atoms with Crippen LogP contribution in [-0.2, 0) is 0 Å². The van der Waals surface area contributed by atoms with Crippen molar-refractivity contribution < 1.29 is 0 Å². The molecule has 0 unspecified atom stereocenters. The molecule has 10 aromatic carbocycles. The number of aromatic nitrogens is 2. The van der Waals surface area contributed by atoms with E-state index in [9.17, 15) is 21.0 Å². The molecule has 74 heavy (non-hydrogen) atoms. The van der Waals surface area contributed by atoms with E-state index in [2.05, 4.69) is 67.4 Å². The van der Waals surface area contributed by atoms with Gasteiger partial charge in [0.15, 0.2) is 11.4 Å². The van der Waals surface area contributed by atoms with Crippen LogP contribution in [0.15, 0.2) is 206 Å². The second-order valence-electron chi connectivity index (χ2n) is 17.9. The third-order valence-electron chi connectivity index (χ3n) is 13.9. The molecule has 0 N–H and O–H groups in total. The number of hydrogen-bond donors (Lipinski definition) is 0. The third kappa shape index (κ3) is 7.10. The van der Waals surface area contributed by atoms with Gasteiger partial charge in [0.05, 0.1) is 81.5 Å². The maximum Gasteiger partial charge on any atom is 0.194 e. The maximum absolute atomic E-state index is 11.8. The molecule has 12 rings (SSSR count). The lowest BCUT2D eigenvalue weighted by Crippen LogP contribution is -2.05. The average Bonchev–Trinajstić information content (AvgIpc) is 4.00. The predicted octanol–water partition coefficient (Wildman–Crippen LogP) is 16.8. The number of nitrogens with zero attached hydrogens (tertiary/aromatic N) is 8. The third-order valence-corrected chi connectivity index (χ3v) is 13.9. The van der Waals surface area contributed by atoms with Crippen molar-refractivity contribution in [2.24, 2.45) is 0 Å². The van der Waals surface area contributed by atoms with Gasteiger partial charge in [0, 0.05) is 21.5 Å². The molecule has 0 bridgehead atoms. The van der Waals surface area contributed by atoms with E-state index in [4.69, 9.17) is 13.1 Å². The largest absolute Gasteiger partial charge is 0.308 e. The van der Waals surface area contributed by atoms with E-state index in [0.717, 1.165) is 99.2 Å². The standard InChI is InChI=1S/C66H34N8/c1-71-59-20-9-7-18-52(59)45-24-28-63-56(33-45)54-31-43(50-16-5-3-13-47(50)38-68)22-26-61(54)73(63)65-35-49(42-15-11-12-41(30-42)37-67)36-66(58(65)40-70)74-62-27-23-44(51-17-6-4-14-48(51)39-69)32-55(62)57-34-46(25-29-64(57)74)53-19-8-10-21-60(53)72-2/h3-36H. The highest BCUT2D eigenvalue weighted by Crippen LogP contribution is 2.45. The lowest BCUT2D eigenvalue weighted by Gasteiger charge is -2.19. The summed E-state index contributed by atoms with van der Waals surface area (Å²) in [6.45, 7) is 16.0. The van der Waals surface area contributed by atoms with Crippen LogP contribution in [0.5, 0.6) is 0 Å². The second-order valence-corrected chi connectivity index (χ2v) is 17.9. The quantitative estimate of drug-likeness (QED) is 0.148. The average molecular weight is 939 g/mol. The Morgan fingerprint density at radius 3 is 1.11 bits per heavy atom. The van der Waals surface area contributed by atoms with E-state index in [1.54, 1.807) is 6.07 Å². The van der Waals surface area contributed by atoms with Crippen LogP contribution < -0.4 is 0 Å². The molecular weight excluding hydrogens is 905 g/mol. The number of nitriles is 4. The van der Waals surface area contributed by atoms with Gasteiger partial charge in [-0.3, -0.25) is 0 Å². The molecule has 2 heterocycles. The molecule has 0 atom stereocenters. The topological polar surface area (TPSA) is 114 Å². The van der Waals surface area contributed by atoms with Crippen LogP contribution in [-0.4, -0.2) is 9.13 Å². The van der Waals surface area contributed by atoms with Crippen LogP contribution in [0.2, 0.25) is 0 Å². The predicted molar refractivity (Wildman–Crippen MR) is 294 cm³/mol. The fraction of sp³-hybridized carbons (Fsp3) is 0. The molecule has 338 valence electrons. The van der Waals surface area contributed by atoms with Gasteiger partial charge in [-0.1, -0.05) is 121 Å². The van der Waals surface area contributed by atoms with Crippen molar-refractivity contribution in [3.63, 3.8) is 0 Å². The molecule has 0 amide bonds. The molecule has 0 aliphatic heterocycles.